The number of amides is 1. The summed E-state index contributed by atoms with van der Waals surface area (Å²) < 4.78 is 0. The summed E-state index contributed by atoms with van der Waals surface area (Å²) in [4.78, 5) is 12.8. The molecule has 1 amide bonds. The maximum atomic E-state index is 10.8. The fraction of sp³-hybridized carbons (Fsp3) is 0.545. The van der Waals surface area contributed by atoms with E-state index in [0.29, 0.717) is 11.7 Å². The molecule has 0 radical (unpaired) electrons. The average molecular weight is 236 g/mol. The maximum Gasteiger partial charge on any atom is 0.269 e. The molecule has 6 heteroatoms. The Morgan fingerprint density at radius 2 is 2.24 bits per heavy atom. The van der Waals surface area contributed by atoms with Crippen LogP contribution in [0.15, 0.2) is 12.1 Å². The van der Waals surface area contributed by atoms with Gasteiger partial charge in [0.15, 0.2) is 11.5 Å². The summed E-state index contributed by atoms with van der Waals surface area (Å²) in [7, 11) is 1.92. The Morgan fingerprint density at radius 1 is 1.53 bits per heavy atom. The molecule has 0 atom stereocenters. The first-order chi connectivity index (χ1) is 8.06. The second-order valence-electron chi connectivity index (χ2n) is 4.51. The van der Waals surface area contributed by atoms with E-state index in [0.717, 1.165) is 19.4 Å². The van der Waals surface area contributed by atoms with Crippen LogP contribution in [0.5, 0.6) is 0 Å². The molecule has 0 saturated heterocycles. The number of carbonyl (C=O) groups excluding carboxylic acids is 1. The largest absolute Gasteiger partial charge is 0.393 e. The van der Waals surface area contributed by atoms with Gasteiger partial charge in [-0.15, -0.1) is 10.2 Å². The van der Waals surface area contributed by atoms with E-state index in [2.05, 4.69) is 10.2 Å². The van der Waals surface area contributed by atoms with Crippen molar-refractivity contribution < 1.29 is 9.90 Å². The second kappa shape index (κ2) is 4.67. The number of hydrogen-bond donors (Lipinski definition) is 2. The molecule has 0 unspecified atom stereocenters. The van der Waals surface area contributed by atoms with Crippen molar-refractivity contribution in [2.45, 2.75) is 18.9 Å². The van der Waals surface area contributed by atoms with Crippen LogP contribution in [-0.4, -0.2) is 40.9 Å². The molecule has 1 saturated carbocycles. The van der Waals surface area contributed by atoms with Gasteiger partial charge in [0, 0.05) is 13.6 Å². The first-order valence-electron chi connectivity index (χ1n) is 5.59. The van der Waals surface area contributed by atoms with Crippen molar-refractivity contribution in [2.75, 3.05) is 18.5 Å². The SMILES string of the molecule is CN(CC1CC(O)C1)c1ccc(C(N)=O)nn1. The van der Waals surface area contributed by atoms with E-state index < -0.39 is 5.91 Å². The normalized spacial score (nSPS) is 22.9. The van der Waals surface area contributed by atoms with Crippen molar-refractivity contribution >= 4 is 11.7 Å². The zero-order chi connectivity index (χ0) is 12.4. The number of hydrogen-bond acceptors (Lipinski definition) is 5. The molecular formula is C11H16N4O2. The lowest BCUT2D eigenvalue weighted by Crippen LogP contribution is -2.37. The molecule has 1 fully saturated rings. The summed E-state index contributed by atoms with van der Waals surface area (Å²) in [5, 5.41) is 16.9. The van der Waals surface area contributed by atoms with E-state index in [1.807, 2.05) is 11.9 Å². The topological polar surface area (TPSA) is 92.3 Å². The van der Waals surface area contributed by atoms with Gasteiger partial charge in [0.2, 0.25) is 0 Å². The van der Waals surface area contributed by atoms with Gasteiger partial charge >= 0.3 is 0 Å². The lowest BCUT2D eigenvalue weighted by atomic mass is 9.82. The number of rotatable bonds is 4. The molecule has 0 spiro atoms. The third-order valence-electron chi connectivity index (χ3n) is 3.04. The first-order valence-corrected chi connectivity index (χ1v) is 5.59. The quantitative estimate of drug-likeness (QED) is 0.754. The van der Waals surface area contributed by atoms with Crippen molar-refractivity contribution in [3.8, 4) is 0 Å². The van der Waals surface area contributed by atoms with Crippen molar-refractivity contribution in [3.05, 3.63) is 17.8 Å². The third-order valence-corrected chi connectivity index (χ3v) is 3.04. The summed E-state index contributed by atoms with van der Waals surface area (Å²) in [6.07, 6.45) is 1.55. The number of nitrogens with two attached hydrogens (primary N) is 1. The van der Waals surface area contributed by atoms with Crippen molar-refractivity contribution in [3.63, 3.8) is 0 Å². The van der Waals surface area contributed by atoms with Crippen molar-refractivity contribution in [1.29, 1.82) is 0 Å². The van der Waals surface area contributed by atoms with Crippen LogP contribution in [-0.2, 0) is 0 Å². The van der Waals surface area contributed by atoms with Gasteiger partial charge in [-0.25, -0.2) is 0 Å². The van der Waals surface area contributed by atoms with Gasteiger partial charge in [-0.1, -0.05) is 0 Å². The lowest BCUT2D eigenvalue weighted by molar-refractivity contribution is 0.0464. The number of primary amides is 1. The van der Waals surface area contributed by atoms with Crippen molar-refractivity contribution in [1.82, 2.24) is 10.2 Å². The fourth-order valence-corrected chi connectivity index (χ4v) is 1.99. The third kappa shape index (κ3) is 2.71. The molecule has 0 bridgehead atoms. The van der Waals surface area contributed by atoms with E-state index in [9.17, 15) is 9.90 Å². The van der Waals surface area contributed by atoms with Crippen LogP contribution in [0.4, 0.5) is 5.82 Å². The number of aromatic nitrogens is 2. The molecule has 1 aliphatic carbocycles. The fourth-order valence-electron chi connectivity index (χ4n) is 1.99. The predicted molar refractivity (Wildman–Crippen MR) is 62.6 cm³/mol. The van der Waals surface area contributed by atoms with E-state index in [-0.39, 0.29) is 11.8 Å². The number of carbonyl (C=O) groups is 1. The van der Waals surface area contributed by atoms with Gasteiger partial charge in [0.25, 0.3) is 5.91 Å². The molecule has 92 valence electrons. The second-order valence-corrected chi connectivity index (χ2v) is 4.51. The molecule has 1 aromatic rings. The van der Waals surface area contributed by atoms with Gasteiger partial charge < -0.3 is 15.7 Å². The first kappa shape index (κ1) is 11.8. The molecule has 1 aliphatic rings. The highest BCUT2D eigenvalue weighted by molar-refractivity contribution is 5.90. The highest BCUT2D eigenvalue weighted by Crippen LogP contribution is 2.28. The Kier molecular flexibility index (Phi) is 3.23. The van der Waals surface area contributed by atoms with Crippen LogP contribution < -0.4 is 10.6 Å². The molecule has 2 rings (SSSR count). The monoisotopic (exact) mass is 236 g/mol. The molecule has 1 heterocycles. The minimum absolute atomic E-state index is 0.142. The van der Waals surface area contributed by atoms with Crippen LogP contribution in [0.25, 0.3) is 0 Å². The number of aliphatic hydroxyl groups is 1. The summed E-state index contributed by atoms with van der Waals surface area (Å²) in [6, 6.07) is 3.29. The van der Waals surface area contributed by atoms with E-state index in [4.69, 9.17) is 5.73 Å². The average Bonchev–Trinajstić information content (AvgIpc) is 2.27. The smallest absolute Gasteiger partial charge is 0.269 e. The van der Waals surface area contributed by atoms with Gasteiger partial charge in [0.05, 0.1) is 6.10 Å². The van der Waals surface area contributed by atoms with Gasteiger partial charge in [-0.2, -0.15) is 0 Å². The standard InChI is InChI=1S/C11H16N4O2/c1-15(6-7-4-8(16)5-7)10-3-2-9(11(12)17)13-14-10/h2-3,7-8,16H,4-6H2,1H3,(H2,12,17). The summed E-state index contributed by atoms with van der Waals surface area (Å²) >= 11 is 0. The highest BCUT2D eigenvalue weighted by atomic mass is 16.3. The Hall–Kier alpha value is -1.69. The van der Waals surface area contributed by atoms with E-state index >= 15 is 0 Å². The summed E-state index contributed by atoms with van der Waals surface area (Å²) in [5.41, 5.74) is 5.25. The van der Waals surface area contributed by atoms with Crippen LogP contribution in [0.3, 0.4) is 0 Å². The minimum atomic E-state index is -0.575. The Morgan fingerprint density at radius 3 is 2.71 bits per heavy atom. The molecule has 0 aliphatic heterocycles. The zero-order valence-corrected chi connectivity index (χ0v) is 9.71. The van der Waals surface area contributed by atoms with Crippen LogP contribution in [0, 0.1) is 5.92 Å². The molecule has 6 nitrogen and oxygen atoms in total. The Balaban J connectivity index is 1.94. The maximum absolute atomic E-state index is 10.8. The predicted octanol–water partition coefficient (Wildman–Crippen LogP) is -0.217. The summed E-state index contributed by atoms with van der Waals surface area (Å²) in [6.45, 7) is 0.835. The van der Waals surface area contributed by atoms with E-state index in [1.165, 1.54) is 0 Å². The number of nitrogens with zero attached hydrogens (tertiary/aromatic N) is 3. The molecule has 0 aromatic carbocycles. The Labute approximate surface area is 99.4 Å². The van der Waals surface area contributed by atoms with E-state index in [1.54, 1.807) is 12.1 Å². The van der Waals surface area contributed by atoms with Gasteiger partial charge in [-0.3, -0.25) is 4.79 Å². The number of aliphatic hydroxyl groups excluding tert-OH is 1. The molecule has 17 heavy (non-hydrogen) atoms. The van der Waals surface area contributed by atoms with Crippen LogP contribution in [0.2, 0.25) is 0 Å². The van der Waals surface area contributed by atoms with Gasteiger partial charge in [0.1, 0.15) is 0 Å². The summed E-state index contributed by atoms with van der Waals surface area (Å²) in [5.74, 6) is 0.637. The molecule has 1 aromatic heterocycles. The zero-order valence-electron chi connectivity index (χ0n) is 9.71. The lowest BCUT2D eigenvalue weighted by Gasteiger charge is -2.34. The van der Waals surface area contributed by atoms with Crippen LogP contribution in [0.1, 0.15) is 23.3 Å². The minimum Gasteiger partial charge on any atom is -0.393 e. The molecular weight excluding hydrogens is 220 g/mol. The Bertz CT molecular complexity index is 400. The molecule has 3 N–H and O–H groups in total. The van der Waals surface area contributed by atoms with Crippen LogP contribution >= 0.6 is 0 Å². The number of anilines is 1. The highest BCUT2D eigenvalue weighted by Gasteiger charge is 2.28. The van der Waals surface area contributed by atoms with Crippen molar-refractivity contribution in [2.24, 2.45) is 11.7 Å². The van der Waals surface area contributed by atoms with Gasteiger partial charge in [-0.05, 0) is 30.9 Å².